The van der Waals surface area contributed by atoms with Crippen molar-refractivity contribution in [3.8, 4) is 5.75 Å². The van der Waals surface area contributed by atoms with Gasteiger partial charge in [0.15, 0.2) is 0 Å². The first-order valence-electron chi connectivity index (χ1n) is 9.42. The zero-order valence-corrected chi connectivity index (χ0v) is 16.2. The SMILES string of the molecule is COc1ccc(N=CC=C2C=C(c3ccccc3)C=C(c3ccccc3)O2)cc1. The number of ether oxygens (including phenoxy) is 2. The average Bonchev–Trinajstić information content (AvgIpc) is 2.80. The first-order chi connectivity index (χ1) is 14.3. The Hall–Kier alpha value is -3.85. The summed E-state index contributed by atoms with van der Waals surface area (Å²) < 4.78 is 11.3. The largest absolute Gasteiger partial charge is 0.497 e. The smallest absolute Gasteiger partial charge is 0.135 e. The van der Waals surface area contributed by atoms with E-state index < -0.39 is 0 Å². The van der Waals surface area contributed by atoms with Crippen LogP contribution < -0.4 is 4.74 Å². The molecular weight excluding hydrogens is 358 g/mol. The minimum atomic E-state index is 0.738. The third-order valence-corrected chi connectivity index (χ3v) is 4.51. The van der Waals surface area contributed by atoms with Gasteiger partial charge < -0.3 is 9.47 Å². The van der Waals surface area contributed by atoms with Crippen LogP contribution in [0.25, 0.3) is 11.3 Å². The fraction of sp³-hybridized carbons (Fsp3) is 0.0385. The fourth-order valence-corrected chi connectivity index (χ4v) is 3.01. The molecule has 3 heteroatoms. The normalized spacial score (nSPS) is 15.0. The van der Waals surface area contributed by atoms with Crippen molar-refractivity contribution in [2.75, 3.05) is 7.11 Å². The zero-order chi connectivity index (χ0) is 19.9. The van der Waals surface area contributed by atoms with Crippen LogP contribution in [0.5, 0.6) is 5.75 Å². The quantitative estimate of drug-likeness (QED) is 0.478. The Kier molecular flexibility index (Phi) is 5.68. The van der Waals surface area contributed by atoms with Crippen LogP contribution in [0.3, 0.4) is 0 Å². The Balaban J connectivity index is 1.63. The molecule has 4 rings (SSSR count). The van der Waals surface area contributed by atoms with E-state index >= 15 is 0 Å². The third kappa shape index (κ3) is 4.71. The van der Waals surface area contributed by atoms with Crippen molar-refractivity contribution in [2.45, 2.75) is 0 Å². The Labute approximate surface area is 171 Å². The number of benzene rings is 3. The number of hydrogen-bond donors (Lipinski definition) is 0. The highest BCUT2D eigenvalue weighted by atomic mass is 16.5. The second-order valence-corrected chi connectivity index (χ2v) is 6.49. The maximum absolute atomic E-state index is 6.13. The molecule has 0 saturated carbocycles. The molecule has 29 heavy (non-hydrogen) atoms. The molecule has 0 radical (unpaired) electrons. The van der Waals surface area contributed by atoms with Gasteiger partial charge in [0, 0.05) is 11.8 Å². The van der Waals surface area contributed by atoms with Crippen LogP contribution in [0.15, 0.2) is 114 Å². The molecule has 142 valence electrons. The van der Waals surface area contributed by atoms with Crippen LogP contribution in [-0.2, 0) is 4.74 Å². The summed E-state index contributed by atoms with van der Waals surface area (Å²) in [5.41, 5.74) is 4.12. The van der Waals surface area contributed by atoms with Crippen molar-refractivity contribution < 1.29 is 9.47 Å². The van der Waals surface area contributed by atoms with Crippen molar-refractivity contribution in [3.63, 3.8) is 0 Å². The second kappa shape index (κ2) is 8.89. The van der Waals surface area contributed by atoms with Crippen molar-refractivity contribution >= 4 is 23.2 Å². The van der Waals surface area contributed by atoms with E-state index in [2.05, 4.69) is 23.2 Å². The monoisotopic (exact) mass is 379 g/mol. The summed E-state index contributed by atoms with van der Waals surface area (Å²) in [6.45, 7) is 0. The Morgan fingerprint density at radius 2 is 1.41 bits per heavy atom. The van der Waals surface area contributed by atoms with Crippen LogP contribution in [-0.4, -0.2) is 13.3 Å². The topological polar surface area (TPSA) is 30.8 Å². The maximum atomic E-state index is 6.13. The lowest BCUT2D eigenvalue weighted by atomic mass is 10.0. The predicted molar refractivity (Wildman–Crippen MR) is 119 cm³/mol. The van der Waals surface area contributed by atoms with Crippen molar-refractivity contribution in [3.05, 3.63) is 120 Å². The van der Waals surface area contributed by atoms with Gasteiger partial charge >= 0.3 is 0 Å². The summed E-state index contributed by atoms with van der Waals surface area (Å²) in [5, 5.41) is 0. The van der Waals surface area contributed by atoms with Crippen molar-refractivity contribution in [2.24, 2.45) is 4.99 Å². The van der Waals surface area contributed by atoms with Crippen molar-refractivity contribution in [1.82, 2.24) is 0 Å². The molecule has 1 aliphatic rings. The van der Waals surface area contributed by atoms with Gasteiger partial charge in [0.2, 0.25) is 0 Å². The van der Waals surface area contributed by atoms with Crippen LogP contribution in [0, 0.1) is 0 Å². The van der Waals surface area contributed by atoms with Crippen molar-refractivity contribution in [1.29, 1.82) is 0 Å². The van der Waals surface area contributed by atoms with Crippen LogP contribution in [0.2, 0.25) is 0 Å². The van der Waals surface area contributed by atoms with Gasteiger partial charge in [0.05, 0.1) is 12.8 Å². The second-order valence-electron chi connectivity index (χ2n) is 6.49. The predicted octanol–water partition coefficient (Wildman–Crippen LogP) is 6.44. The van der Waals surface area contributed by atoms with Crippen LogP contribution in [0.4, 0.5) is 5.69 Å². The Morgan fingerprint density at radius 3 is 2.07 bits per heavy atom. The van der Waals surface area contributed by atoms with E-state index in [4.69, 9.17) is 9.47 Å². The summed E-state index contributed by atoms with van der Waals surface area (Å²) >= 11 is 0. The molecule has 0 bridgehead atoms. The molecule has 3 nitrogen and oxygen atoms in total. The molecule has 1 heterocycles. The highest BCUT2D eigenvalue weighted by molar-refractivity contribution is 5.87. The first kappa shape index (κ1) is 18.5. The molecule has 0 fully saturated rings. The van der Waals surface area contributed by atoms with Gasteiger partial charge in [-0.1, -0.05) is 60.7 Å². The minimum absolute atomic E-state index is 0.738. The van der Waals surface area contributed by atoms with E-state index in [-0.39, 0.29) is 0 Å². The first-order valence-corrected chi connectivity index (χ1v) is 9.42. The summed E-state index contributed by atoms with van der Waals surface area (Å²) in [6.07, 6.45) is 7.73. The molecule has 3 aromatic rings. The van der Waals surface area contributed by atoms with Crippen LogP contribution in [0.1, 0.15) is 11.1 Å². The number of hydrogen-bond acceptors (Lipinski definition) is 3. The van der Waals surface area contributed by atoms with E-state index in [0.29, 0.717) is 0 Å². The van der Waals surface area contributed by atoms with E-state index in [1.54, 1.807) is 13.3 Å². The lowest BCUT2D eigenvalue weighted by Crippen LogP contribution is -1.99. The van der Waals surface area contributed by atoms with Crippen LogP contribution >= 0.6 is 0 Å². The van der Waals surface area contributed by atoms with Gasteiger partial charge in [-0.25, -0.2) is 0 Å². The highest BCUT2D eigenvalue weighted by Gasteiger charge is 2.13. The van der Waals surface area contributed by atoms with E-state index in [1.165, 1.54) is 0 Å². The lowest BCUT2D eigenvalue weighted by molar-refractivity contribution is 0.399. The molecule has 1 aliphatic heterocycles. The minimum Gasteiger partial charge on any atom is -0.497 e. The fourth-order valence-electron chi connectivity index (χ4n) is 3.01. The number of methoxy groups -OCH3 is 1. The number of nitrogens with zero attached hydrogens (tertiary/aromatic N) is 1. The summed E-state index contributed by atoms with van der Waals surface area (Å²) in [6, 6.07) is 28.0. The van der Waals surface area contributed by atoms with Gasteiger partial charge in [-0.3, -0.25) is 4.99 Å². The molecule has 0 spiro atoms. The molecule has 0 N–H and O–H groups in total. The molecule has 0 atom stereocenters. The standard InChI is InChI=1S/C26H21NO2/c1-28-24-14-12-23(13-15-24)27-17-16-25-18-22(20-8-4-2-5-9-20)19-26(29-25)21-10-6-3-7-11-21/h2-19H,1H3. The van der Waals surface area contributed by atoms with Gasteiger partial charge in [-0.2, -0.15) is 0 Å². The summed E-state index contributed by atoms with van der Waals surface area (Å²) in [5.74, 6) is 2.37. The summed E-state index contributed by atoms with van der Waals surface area (Å²) in [7, 11) is 1.65. The molecular formula is C26H21NO2. The lowest BCUT2D eigenvalue weighted by Gasteiger charge is -2.18. The molecule has 0 amide bonds. The van der Waals surface area contributed by atoms with Gasteiger partial charge in [0.25, 0.3) is 0 Å². The summed E-state index contributed by atoms with van der Waals surface area (Å²) in [4.78, 5) is 4.49. The Bertz CT molecular complexity index is 1080. The average molecular weight is 379 g/mol. The van der Waals surface area contributed by atoms with E-state index in [0.717, 1.165) is 39.7 Å². The molecule has 3 aromatic carbocycles. The number of aliphatic imine (C=N–C) groups is 1. The molecule has 0 aromatic heterocycles. The zero-order valence-electron chi connectivity index (χ0n) is 16.2. The highest BCUT2D eigenvalue weighted by Crippen LogP contribution is 2.31. The van der Waals surface area contributed by atoms with E-state index in [9.17, 15) is 0 Å². The van der Waals surface area contributed by atoms with Gasteiger partial charge in [0.1, 0.15) is 17.3 Å². The van der Waals surface area contributed by atoms with Gasteiger partial charge in [-0.05, 0) is 53.6 Å². The maximum Gasteiger partial charge on any atom is 0.135 e. The van der Waals surface area contributed by atoms with E-state index in [1.807, 2.05) is 84.9 Å². The number of rotatable bonds is 5. The number of allylic oxidation sites excluding steroid dienone is 4. The van der Waals surface area contributed by atoms with Gasteiger partial charge in [-0.15, -0.1) is 0 Å². The third-order valence-electron chi connectivity index (χ3n) is 4.51. The molecule has 0 saturated heterocycles. The molecule has 0 aliphatic carbocycles. The Morgan fingerprint density at radius 1 is 0.759 bits per heavy atom. The molecule has 0 unspecified atom stereocenters.